The van der Waals surface area contributed by atoms with Crippen molar-refractivity contribution < 1.29 is 52.4 Å². The fraction of sp³-hybridized carbons (Fsp3) is 0.453. The van der Waals surface area contributed by atoms with Crippen molar-refractivity contribution in [1.82, 2.24) is 30.3 Å². The van der Waals surface area contributed by atoms with Gasteiger partial charge in [0.05, 0.1) is 51.4 Å². The quantitative estimate of drug-likeness (QED) is 0.0477. The van der Waals surface area contributed by atoms with Gasteiger partial charge in [-0.3, -0.25) is 23.9 Å². The van der Waals surface area contributed by atoms with Gasteiger partial charge in [0.25, 0.3) is 5.91 Å². The van der Waals surface area contributed by atoms with Gasteiger partial charge in [-0.2, -0.15) is 5.10 Å². The molecule has 3 amide bonds. The molecule has 0 radical (unpaired) electrons. The molecule has 5 unspecified atom stereocenters. The zero-order chi connectivity index (χ0) is 53.2. The number of allylic oxidation sites excluding steroid dienone is 4. The summed E-state index contributed by atoms with van der Waals surface area (Å²) in [6.07, 6.45) is 12.0. The van der Waals surface area contributed by atoms with Crippen LogP contribution < -0.4 is 26.4 Å². The number of fused-ring (bicyclic) bond motifs is 3. The molecule has 6 atom stereocenters. The largest absolute Gasteiger partial charge is 0.462 e. The van der Waals surface area contributed by atoms with Crippen molar-refractivity contribution >= 4 is 58.5 Å². The Morgan fingerprint density at radius 1 is 1.05 bits per heavy atom. The number of hydrogen-bond acceptors (Lipinski definition) is 14. The number of Topliss-reactive ketones (excluding diaryl/α,β-unsaturated/α-hetero) is 1. The number of nitrogens with one attached hydrogen (secondary N) is 3. The molecule has 21 heteroatoms. The Bertz CT molecular complexity index is 2770. The van der Waals surface area contributed by atoms with Crippen LogP contribution in [0.25, 0.3) is 11.1 Å². The molecular weight excluding hydrogens is 999 g/mol. The van der Waals surface area contributed by atoms with E-state index in [1.807, 2.05) is 28.8 Å². The van der Waals surface area contributed by atoms with Crippen molar-refractivity contribution in [2.24, 2.45) is 11.7 Å². The lowest BCUT2D eigenvalue weighted by atomic mass is 9.86. The van der Waals surface area contributed by atoms with Crippen LogP contribution in [-0.4, -0.2) is 113 Å². The summed E-state index contributed by atoms with van der Waals surface area (Å²) in [6, 6.07) is 4.55. The van der Waals surface area contributed by atoms with Crippen LogP contribution in [0.5, 0.6) is 5.75 Å². The van der Waals surface area contributed by atoms with E-state index in [1.165, 1.54) is 32.4 Å². The first-order valence-corrected chi connectivity index (χ1v) is 25.4. The minimum Gasteiger partial charge on any atom is -0.462 e. The number of primary amides is 1. The number of halogens is 3. The maximum Gasteiger partial charge on any atom is 0.405 e. The highest BCUT2D eigenvalue weighted by molar-refractivity contribution is 6.36. The van der Waals surface area contributed by atoms with Crippen molar-refractivity contribution in [1.29, 1.82) is 0 Å². The summed E-state index contributed by atoms with van der Waals surface area (Å²) < 4.78 is 38.9. The first-order chi connectivity index (χ1) is 35.5. The van der Waals surface area contributed by atoms with Crippen LogP contribution >= 0.6 is 23.2 Å². The van der Waals surface area contributed by atoms with Crippen LogP contribution in [0.15, 0.2) is 95.3 Å². The first-order valence-electron chi connectivity index (χ1n) is 24.7. The van der Waals surface area contributed by atoms with Gasteiger partial charge in [-0.15, -0.1) is 0 Å². The lowest BCUT2D eigenvalue weighted by Crippen LogP contribution is -2.39. The maximum atomic E-state index is 14.2. The number of carbonyl (C=O) groups excluding carboxylic acids is 5. The number of likely N-dealkylation sites (tertiary alicyclic amines) is 1. The fourth-order valence-electron chi connectivity index (χ4n) is 9.45. The molecule has 4 aliphatic rings. The third-order valence-corrected chi connectivity index (χ3v) is 14.4. The Balaban J connectivity index is 0.910. The molecule has 2 aromatic heterocycles. The Kier molecular flexibility index (Phi) is 18.9. The van der Waals surface area contributed by atoms with Gasteiger partial charge in [-0.1, -0.05) is 60.9 Å². The third-order valence-electron chi connectivity index (χ3n) is 13.7. The molecule has 7 rings (SSSR count). The van der Waals surface area contributed by atoms with Crippen LogP contribution in [0.2, 0.25) is 10.0 Å². The molecular formula is C53H63Cl2FN8O10. The smallest absolute Gasteiger partial charge is 0.405 e. The van der Waals surface area contributed by atoms with Crippen molar-refractivity contribution in [3.63, 3.8) is 0 Å². The minimum atomic E-state index is -1.02. The van der Waals surface area contributed by atoms with Crippen LogP contribution in [0.3, 0.4) is 0 Å². The number of unbranched alkanes of at least 4 members (excludes halogenated alkanes) is 2. The van der Waals surface area contributed by atoms with Gasteiger partial charge in [0.1, 0.15) is 11.9 Å². The molecule has 2 bridgehead atoms. The molecule has 18 nitrogen and oxygen atoms in total. The van der Waals surface area contributed by atoms with Crippen LogP contribution in [0, 0.1) is 11.7 Å². The number of aromatic nitrogens is 3. The van der Waals surface area contributed by atoms with E-state index in [-0.39, 0.29) is 68.9 Å². The maximum absolute atomic E-state index is 14.2. The number of carbonyl (C=O) groups is 5. The number of aliphatic hydroxyl groups is 1. The van der Waals surface area contributed by atoms with E-state index >= 15 is 0 Å². The van der Waals surface area contributed by atoms with Crippen molar-refractivity contribution in [3.05, 3.63) is 117 Å². The molecule has 6 N–H and O–H groups in total. The minimum absolute atomic E-state index is 0.0705. The fourth-order valence-corrected chi connectivity index (χ4v) is 10.0. The average Bonchev–Trinajstić information content (AvgIpc) is 4.05. The number of aliphatic hydroxyl groups excluding tert-OH is 1. The van der Waals surface area contributed by atoms with E-state index in [4.69, 9.17) is 47.9 Å². The van der Waals surface area contributed by atoms with E-state index in [0.717, 1.165) is 30.0 Å². The van der Waals surface area contributed by atoms with Crippen LogP contribution in [-0.2, 0) is 33.4 Å². The number of pyridine rings is 1. The molecule has 396 valence electrons. The summed E-state index contributed by atoms with van der Waals surface area (Å²) in [7, 11) is 2.90. The standard InChI is InChI=1S/C53H63Cl2FN8O10/c1-29-22-35-47(40(66)25-38(48(35)68)61-51(69)31(3)10-9-11-41(71-4)49(74-53(57)70)30(2)13-16-39(65)42(23-29)72-5)58-19-8-6-7-12-44(67)63-20-17-34(18-21-63)64-28-33(27-60-64)32-24-43-50(59-26-32)62-52(73-43)45-36(54)14-15-37(56)46(45)55/h9-11,13-15,24-29,34,39,41-42,49,52,58,65H,6-8,12,16-23H2,1-5H3,(H2,57,70)(H,59,62)(H,61,69)/b11-9-,30-13+,31-10+/t29-,39?,41?,42?,49?,52?/m1/s1. The molecule has 3 aromatic rings. The summed E-state index contributed by atoms with van der Waals surface area (Å²) in [5, 5.41) is 24.9. The predicted molar refractivity (Wildman–Crippen MR) is 275 cm³/mol. The van der Waals surface area contributed by atoms with Gasteiger partial charge < -0.3 is 50.6 Å². The Labute approximate surface area is 439 Å². The first kappa shape index (κ1) is 55.4. The molecule has 1 aliphatic carbocycles. The Hall–Kier alpha value is -6.38. The molecule has 3 aliphatic heterocycles. The second-order valence-electron chi connectivity index (χ2n) is 19.0. The summed E-state index contributed by atoms with van der Waals surface area (Å²) in [6.45, 7) is 6.69. The van der Waals surface area contributed by atoms with E-state index in [1.54, 1.807) is 44.5 Å². The van der Waals surface area contributed by atoms with Gasteiger partial charge in [-0.25, -0.2) is 14.2 Å². The summed E-state index contributed by atoms with van der Waals surface area (Å²) >= 11 is 12.6. The van der Waals surface area contributed by atoms with Gasteiger partial charge in [-0.05, 0) is 88.5 Å². The molecule has 0 saturated carbocycles. The number of anilines is 1. The second-order valence-corrected chi connectivity index (χ2v) is 19.7. The van der Waals surface area contributed by atoms with Gasteiger partial charge in [0, 0.05) is 81.0 Å². The van der Waals surface area contributed by atoms with E-state index < -0.39 is 60.0 Å². The number of amides is 3. The molecule has 5 heterocycles. The van der Waals surface area contributed by atoms with Crippen molar-refractivity contribution in [2.75, 3.05) is 39.2 Å². The lowest BCUT2D eigenvalue weighted by molar-refractivity contribution is -0.132. The Morgan fingerprint density at radius 3 is 2.55 bits per heavy atom. The van der Waals surface area contributed by atoms with Crippen molar-refractivity contribution in [2.45, 2.75) is 115 Å². The topological polar surface area (TPSA) is 239 Å². The van der Waals surface area contributed by atoms with Gasteiger partial charge in [0.2, 0.25) is 23.7 Å². The lowest BCUT2D eigenvalue weighted by Gasteiger charge is -2.32. The SMILES string of the molecule is COC1/C=C\C=C(/C)C(=O)NC2=CC(=O)C(NCCCCCC(=O)N3CCC(n4cc(-c5cnc6c(c5)OC(c5c(Cl)ccc(F)c5Cl)N6)cn4)CC3)=C(C[C@@H](C)CC(OC)C(O)C/C=C(\C)C1OC(N)=O)C2=O. The van der Waals surface area contributed by atoms with Crippen molar-refractivity contribution in [3.8, 4) is 16.9 Å². The number of benzene rings is 1. The van der Waals surface area contributed by atoms with Gasteiger partial charge in [0.15, 0.2) is 17.7 Å². The highest BCUT2D eigenvalue weighted by Crippen LogP contribution is 2.43. The number of hydrogen-bond donors (Lipinski definition) is 5. The number of ketones is 2. The number of nitrogens with zero attached hydrogens (tertiary/aromatic N) is 4. The Morgan fingerprint density at radius 2 is 1.82 bits per heavy atom. The zero-order valence-corrected chi connectivity index (χ0v) is 43.5. The average molecular weight is 1060 g/mol. The third kappa shape index (κ3) is 13.5. The van der Waals surface area contributed by atoms with Gasteiger partial charge >= 0.3 is 6.09 Å². The number of nitrogens with two attached hydrogens (primary N) is 1. The molecule has 1 saturated heterocycles. The molecule has 0 spiro atoms. The summed E-state index contributed by atoms with van der Waals surface area (Å²) in [5.41, 5.74) is 8.25. The highest BCUT2D eigenvalue weighted by atomic mass is 35.5. The summed E-state index contributed by atoms with van der Waals surface area (Å²) in [4.78, 5) is 72.8. The molecule has 1 aromatic carbocycles. The second kappa shape index (κ2) is 25.2. The van der Waals surface area contributed by atoms with E-state index in [9.17, 15) is 33.5 Å². The number of rotatable bonds is 13. The number of ether oxygens (including phenoxy) is 4. The monoisotopic (exact) mass is 1060 g/mol. The predicted octanol–water partition coefficient (Wildman–Crippen LogP) is 7.74. The van der Waals surface area contributed by atoms with Crippen LogP contribution in [0.4, 0.5) is 15.0 Å². The van der Waals surface area contributed by atoms with Crippen LogP contribution in [0.1, 0.15) is 96.4 Å². The number of piperidine rings is 1. The number of methoxy groups -OCH3 is 2. The molecule has 1 fully saturated rings. The zero-order valence-electron chi connectivity index (χ0n) is 42.0. The summed E-state index contributed by atoms with van der Waals surface area (Å²) in [5.74, 6) is -1.44. The van der Waals surface area contributed by atoms with E-state index in [2.05, 4.69) is 26.0 Å². The highest BCUT2D eigenvalue weighted by Gasteiger charge is 2.34. The molecule has 74 heavy (non-hydrogen) atoms. The van der Waals surface area contributed by atoms with E-state index in [0.29, 0.717) is 68.9 Å². The normalized spacial score (nSPS) is 25.1.